The first-order valence-corrected chi connectivity index (χ1v) is 8.30. The summed E-state index contributed by atoms with van der Waals surface area (Å²) in [6.07, 6.45) is 0. The molecular formula is C19H19F2N3O. The van der Waals surface area contributed by atoms with Crippen molar-refractivity contribution in [2.24, 2.45) is 0 Å². The summed E-state index contributed by atoms with van der Waals surface area (Å²) in [5.41, 5.74) is 3.30. The van der Waals surface area contributed by atoms with E-state index in [1.807, 2.05) is 37.3 Å². The van der Waals surface area contributed by atoms with Crippen LogP contribution in [0.1, 0.15) is 17.4 Å². The van der Waals surface area contributed by atoms with Gasteiger partial charge in [-0.1, -0.05) is 24.3 Å². The van der Waals surface area contributed by atoms with Crippen molar-refractivity contribution in [3.05, 3.63) is 59.9 Å². The number of alkyl halides is 2. The van der Waals surface area contributed by atoms with E-state index in [1.54, 1.807) is 12.1 Å². The van der Waals surface area contributed by atoms with Crippen LogP contribution in [0.25, 0.3) is 11.0 Å². The average molecular weight is 343 g/mol. The Hall–Kier alpha value is -2.47. The highest BCUT2D eigenvalue weighted by Gasteiger charge is 2.30. The molecule has 1 aliphatic heterocycles. The molecule has 1 aliphatic rings. The molecule has 4 rings (SSSR count). The molecule has 130 valence electrons. The van der Waals surface area contributed by atoms with Crippen molar-refractivity contribution in [3.8, 4) is 5.75 Å². The Labute approximate surface area is 144 Å². The molecule has 4 nitrogen and oxygen atoms in total. The summed E-state index contributed by atoms with van der Waals surface area (Å²) in [7, 11) is 0. The van der Waals surface area contributed by atoms with E-state index in [1.165, 1.54) is 5.52 Å². The number of hydrogen-bond acceptors (Lipinski definition) is 3. The maximum Gasteiger partial charge on any atom is 0.387 e. The number of aryl methyl sites for hydroxylation is 1. The van der Waals surface area contributed by atoms with E-state index >= 15 is 0 Å². The first-order valence-electron chi connectivity index (χ1n) is 8.30. The molecule has 1 fully saturated rings. The normalized spacial score (nSPS) is 15.7. The van der Waals surface area contributed by atoms with Gasteiger partial charge < -0.3 is 9.30 Å². The van der Waals surface area contributed by atoms with Crippen molar-refractivity contribution < 1.29 is 13.5 Å². The summed E-state index contributed by atoms with van der Waals surface area (Å²) in [6, 6.07) is 15.5. The summed E-state index contributed by atoms with van der Waals surface area (Å²) in [5, 5.41) is 0. The molecule has 0 amide bonds. The van der Waals surface area contributed by atoms with Crippen molar-refractivity contribution in [2.75, 3.05) is 13.1 Å². The SMILES string of the molecule is Cc1nc2ccccc2n1C1CN(Cc2ccc(OC(F)F)cc2)C1. The summed E-state index contributed by atoms with van der Waals surface area (Å²) < 4.78 is 31.0. The summed E-state index contributed by atoms with van der Waals surface area (Å²) >= 11 is 0. The molecule has 0 spiro atoms. The van der Waals surface area contributed by atoms with Crippen LogP contribution in [0, 0.1) is 6.92 Å². The number of hydrogen-bond donors (Lipinski definition) is 0. The van der Waals surface area contributed by atoms with Crippen molar-refractivity contribution in [3.63, 3.8) is 0 Å². The van der Waals surface area contributed by atoms with E-state index in [0.717, 1.165) is 36.5 Å². The fourth-order valence-corrected chi connectivity index (χ4v) is 3.50. The fourth-order valence-electron chi connectivity index (χ4n) is 3.50. The van der Waals surface area contributed by atoms with Gasteiger partial charge >= 0.3 is 6.61 Å². The Balaban J connectivity index is 1.39. The summed E-state index contributed by atoms with van der Waals surface area (Å²) in [6.45, 7) is 1.98. The molecule has 1 saturated heterocycles. The first kappa shape index (κ1) is 16.0. The number of benzene rings is 2. The highest BCUT2D eigenvalue weighted by molar-refractivity contribution is 5.76. The Kier molecular flexibility index (Phi) is 4.13. The quantitative estimate of drug-likeness (QED) is 0.701. The van der Waals surface area contributed by atoms with Gasteiger partial charge in [-0.3, -0.25) is 4.90 Å². The second-order valence-corrected chi connectivity index (χ2v) is 6.39. The van der Waals surface area contributed by atoms with Gasteiger partial charge in [0.25, 0.3) is 0 Å². The van der Waals surface area contributed by atoms with E-state index in [2.05, 4.69) is 25.3 Å². The smallest absolute Gasteiger partial charge is 0.387 e. The molecular weight excluding hydrogens is 324 g/mol. The molecule has 1 aromatic heterocycles. The van der Waals surface area contributed by atoms with Gasteiger partial charge in [0.1, 0.15) is 11.6 Å². The van der Waals surface area contributed by atoms with Gasteiger partial charge in [0.2, 0.25) is 0 Å². The van der Waals surface area contributed by atoms with Gasteiger partial charge in [-0.15, -0.1) is 0 Å². The lowest BCUT2D eigenvalue weighted by Crippen LogP contribution is -2.47. The highest BCUT2D eigenvalue weighted by atomic mass is 19.3. The number of para-hydroxylation sites is 2. The third-order valence-electron chi connectivity index (χ3n) is 4.63. The number of imidazole rings is 1. The third-order valence-corrected chi connectivity index (χ3v) is 4.63. The molecule has 0 aliphatic carbocycles. The van der Waals surface area contributed by atoms with Crippen molar-refractivity contribution in [1.29, 1.82) is 0 Å². The minimum absolute atomic E-state index is 0.195. The molecule has 0 N–H and O–H groups in total. The zero-order valence-electron chi connectivity index (χ0n) is 13.9. The Morgan fingerprint density at radius 3 is 2.56 bits per heavy atom. The maximum atomic E-state index is 12.2. The summed E-state index contributed by atoms with van der Waals surface area (Å²) in [5.74, 6) is 1.24. The number of aromatic nitrogens is 2. The Morgan fingerprint density at radius 2 is 1.84 bits per heavy atom. The van der Waals surface area contributed by atoms with Crippen molar-refractivity contribution >= 4 is 11.0 Å². The van der Waals surface area contributed by atoms with Crippen molar-refractivity contribution in [1.82, 2.24) is 14.5 Å². The number of halogens is 2. The third kappa shape index (κ3) is 3.22. The van der Waals surface area contributed by atoms with Crippen molar-refractivity contribution in [2.45, 2.75) is 26.1 Å². The number of fused-ring (bicyclic) bond motifs is 1. The van der Waals surface area contributed by atoms with E-state index in [9.17, 15) is 8.78 Å². The predicted molar refractivity (Wildman–Crippen MR) is 91.9 cm³/mol. The zero-order chi connectivity index (χ0) is 17.4. The maximum absolute atomic E-state index is 12.2. The second-order valence-electron chi connectivity index (χ2n) is 6.39. The minimum Gasteiger partial charge on any atom is -0.435 e. The molecule has 2 aromatic carbocycles. The monoisotopic (exact) mass is 343 g/mol. The van der Waals surface area contributed by atoms with Crippen LogP contribution in [0.5, 0.6) is 5.75 Å². The second kappa shape index (κ2) is 6.44. The lowest BCUT2D eigenvalue weighted by Gasteiger charge is -2.40. The molecule has 0 unspecified atom stereocenters. The standard InChI is InChI=1S/C19H19F2N3O/c1-13-22-17-4-2-3-5-18(17)24(13)15-11-23(12-15)10-14-6-8-16(9-7-14)25-19(20)21/h2-9,15,19H,10-12H2,1H3. The topological polar surface area (TPSA) is 30.3 Å². The highest BCUT2D eigenvalue weighted by Crippen LogP contribution is 2.29. The lowest BCUT2D eigenvalue weighted by atomic mass is 10.1. The average Bonchev–Trinajstić information content (AvgIpc) is 2.87. The van der Waals surface area contributed by atoms with Crippen LogP contribution in [0.4, 0.5) is 8.78 Å². The molecule has 25 heavy (non-hydrogen) atoms. The predicted octanol–water partition coefficient (Wildman–Crippen LogP) is 4.00. The zero-order valence-corrected chi connectivity index (χ0v) is 13.9. The molecule has 0 saturated carbocycles. The van der Waals surface area contributed by atoms with Gasteiger partial charge in [0.05, 0.1) is 17.1 Å². The van der Waals surface area contributed by atoms with Gasteiger partial charge in [-0.2, -0.15) is 8.78 Å². The molecule has 2 heterocycles. The first-order chi connectivity index (χ1) is 12.1. The fraction of sp³-hybridized carbons (Fsp3) is 0.316. The van der Waals surface area contributed by atoms with Crippen LogP contribution in [-0.2, 0) is 6.54 Å². The largest absolute Gasteiger partial charge is 0.435 e. The molecule has 6 heteroatoms. The van der Waals surface area contributed by atoms with Crippen LogP contribution >= 0.6 is 0 Å². The van der Waals surface area contributed by atoms with Gasteiger partial charge in [-0.25, -0.2) is 4.98 Å². The van der Waals surface area contributed by atoms with Gasteiger partial charge in [0, 0.05) is 19.6 Å². The van der Waals surface area contributed by atoms with Crippen LogP contribution in [0.2, 0.25) is 0 Å². The van der Waals surface area contributed by atoms with Gasteiger partial charge in [-0.05, 0) is 36.8 Å². The van der Waals surface area contributed by atoms with E-state index in [4.69, 9.17) is 0 Å². The molecule has 0 radical (unpaired) electrons. The minimum atomic E-state index is -2.78. The number of nitrogens with zero attached hydrogens (tertiary/aromatic N) is 3. The molecule has 0 atom stereocenters. The van der Waals surface area contributed by atoms with Crippen LogP contribution in [0.3, 0.4) is 0 Å². The number of likely N-dealkylation sites (tertiary alicyclic amines) is 1. The molecule has 0 bridgehead atoms. The van der Waals surface area contributed by atoms with E-state index in [0.29, 0.717) is 6.04 Å². The number of rotatable bonds is 5. The Morgan fingerprint density at radius 1 is 1.12 bits per heavy atom. The summed E-state index contributed by atoms with van der Waals surface area (Å²) in [4.78, 5) is 6.96. The van der Waals surface area contributed by atoms with E-state index in [-0.39, 0.29) is 5.75 Å². The Bertz CT molecular complexity index is 870. The van der Waals surface area contributed by atoms with Crippen LogP contribution in [-0.4, -0.2) is 34.2 Å². The van der Waals surface area contributed by atoms with Gasteiger partial charge in [0.15, 0.2) is 0 Å². The lowest BCUT2D eigenvalue weighted by molar-refractivity contribution is -0.0498. The van der Waals surface area contributed by atoms with Crippen LogP contribution < -0.4 is 4.74 Å². The van der Waals surface area contributed by atoms with E-state index < -0.39 is 6.61 Å². The molecule has 3 aromatic rings. The van der Waals surface area contributed by atoms with Crippen LogP contribution in [0.15, 0.2) is 48.5 Å². The number of ether oxygens (including phenoxy) is 1.